The van der Waals surface area contributed by atoms with Gasteiger partial charge in [-0.3, -0.25) is 14.4 Å². The fraction of sp³-hybridized carbons (Fsp3) is 0.310. The number of amides is 1. The number of H-pyrrole nitrogens is 1. The van der Waals surface area contributed by atoms with Crippen LogP contribution in [0.4, 0.5) is 5.69 Å². The van der Waals surface area contributed by atoms with Gasteiger partial charge >= 0.3 is 0 Å². The third-order valence-corrected chi connectivity index (χ3v) is 7.68. The van der Waals surface area contributed by atoms with E-state index < -0.39 is 0 Å². The molecule has 1 saturated heterocycles. The van der Waals surface area contributed by atoms with E-state index in [0.717, 1.165) is 54.8 Å². The molecule has 4 heterocycles. The van der Waals surface area contributed by atoms with E-state index in [4.69, 9.17) is 21.3 Å². The lowest BCUT2D eigenvalue weighted by molar-refractivity contribution is -0.122. The first kappa shape index (κ1) is 26.1. The molecule has 1 amide bonds. The molecule has 3 N–H and O–H groups in total. The van der Waals surface area contributed by atoms with Crippen molar-refractivity contribution in [2.45, 2.75) is 25.4 Å². The molecule has 0 spiro atoms. The van der Waals surface area contributed by atoms with Crippen LogP contribution in [-0.2, 0) is 18.4 Å². The minimum absolute atomic E-state index is 0.0297. The SMILES string of the molecule is CNC(=O)COc1ccc(-c2nc3c(NC4CCN(Cc5ccc6c(cnn6C)c5)CC4)c(Cl)cnc3[nH]2)cc1. The lowest BCUT2D eigenvalue weighted by Gasteiger charge is -2.33. The molecule has 3 aromatic heterocycles. The van der Waals surface area contributed by atoms with Crippen molar-refractivity contribution in [1.82, 2.24) is 34.9 Å². The van der Waals surface area contributed by atoms with Crippen LogP contribution in [0.25, 0.3) is 33.5 Å². The first-order valence-corrected chi connectivity index (χ1v) is 13.7. The maximum absolute atomic E-state index is 11.4. The number of benzene rings is 2. The zero-order valence-electron chi connectivity index (χ0n) is 22.4. The second-order valence-corrected chi connectivity index (χ2v) is 10.5. The highest BCUT2D eigenvalue weighted by atomic mass is 35.5. The molecule has 0 bridgehead atoms. The number of anilines is 1. The van der Waals surface area contributed by atoms with E-state index in [1.165, 1.54) is 10.9 Å². The van der Waals surface area contributed by atoms with Gasteiger partial charge in [-0.1, -0.05) is 17.7 Å². The summed E-state index contributed by atoms with van der Waals surface area (Å²) in [6, 6.07) is 14.3. The van der Waals surface area contributed by atoms with Crippen molar-refractivity contribution in [2.24, 2.45) is 7.05 Å². The maximum Gasteiger partial charge on any atom is 0.257 e. The monoisotopic (exact) mass is 558 g/mol. The lowest BCUT2D eigenvalue weighted by atomic mass is 10.0. The molecule has 10 nitrogen and oxygen atoms in total. The summed E-state index contributed by atoms with van der Waals surface area (Å²) in [5.41, 5.74) is 5.53. The normalized spacial score (nSPS) is 14.6. The number of aromatic amines is 1. The summed E-state index contributed by atoms with van der Waals surface area (Å²) in [5.74, 6) is 1.11. The molecule has 40 heavy (non-hydrogen) atoms. The number of likely N-dealkylation sites (tertiary alicyclic amines) is 1. The van der Waals surface area contributed by atoms with Crippen LogP contribution in [0.15, 0.2) is 54.9 Å². The van der Waals surface area contributed by atoms with Gasteiger partial charge in [-0.05, 0) is 54.8 Å². The number of rotatable bonds is 8. The third kappa shape index (κ3) is 5.45. The largest absolute Gasteiger partial charge is 0.484 e. The van der Waals surface area contributed by atoms with Gasteiger partial charge in [-0.25, -0.2) is 9.97 Å². The number of ether oxygens (including phenoxy) is 1. The van der Waals surface area contributed by atoms with Crippen LogP contribution in [0.3, 0.4) is 0 Å². The van der Waals surface area contributed by atoms with Crippen molar-refractivity contribution in [3.8, 4) is 17.1 Å². The molecular weight excluding hydrogens is 528 g/mol. The van der Waals surface area contributed by atoms with E-state index in [9.17, 15) is 4.79 Å². The number of carbonyl (C=O) groups excluding carboxylic acids is 1. The predicted octanol–water partition coefficient (Wildman–Crippen LogP) is 4.37. The molecule has 0 saturated carbocycles. The summed E-state index contributed by atoms with van der Waals surface area (Å²) in [7, 11) is 3.55. The van der Waals surface area contributed by atoms with E-state index in [-0.39, 0.29) is 18.6 Å². The van der Waals surface area contributed by atoms with Gasteiger partial charge in [0.15, 0.2) is 12.3 Å². The summed E-state index contributed by atoms with van der Waals surface area (Å²) in [6.07, 6.45) is 5.59. The number of halogens is 1. The number of imidazole rings is 1. The molecule has 2 aromatic carbocycles. The molecule has 1 fully saturated rings. The van der Waals surface area contributed by atoms with Crippen LogP contribution in [0.5, 0.6) is 5.75 Å². The summed E-state index contributed by atoms with van der Waals surface area (Å²) < 4.78 is 7.40. The number of piperidine rings is 1. The molecule has 5 aromatic rings. The Morgan fingerprint density at radius 2 is 1.95 bits per heavy atom. The third-order valence-electron chi connectivity index (χ3n) is 7.40. The summed E-state index contributed by atoms with van der Waals surface area (Å²) in [6.45, 7) is 2.89. The Kier molecular flexibility index (Phi) is 7.27. The van der Waals surface area contributed by atoms with Crippen LogP contribution in [0.1, 0.15) is 18.4 Å². The highest BCUT2D eigenvalue weighted by molar-refractivity contribution is 6.34. The maximum atomic E-state index is 11.4. The molecular formula is C29H31ClN8O2. The molecule has 1 aliphatic heterocycles. The Labute approximate surface area is 236 Å². The number of fused-ring (bicyclic) bond motifs is 2. The van der Waals surface area contributed by atoms with Crippen LogP contribution in [-0.4, -0.2) is 68.3 Å². The molecule has 0 radical (unpaired) electrons. The van der Waals surface area contributed by atoms with Crippen LogP contribution < -0.4 is 15.4 Å². The fourth-order valence-corrected chi connectivity index (χ4v) is 5.34. The number of pyridine rings is 1. The molecule has 0 aliphatic carbocycles. The van der Waals surface area contributed by atoms with Crippen molar-refractivity contribution < 1.29 is 9.53 Å². The van der Waals surface area contributed by atoms with Crippen LogP contribution in [0, 0.1) is 0 Å². The molecule has 6 rings (SSSR count). The van der Waals surface area contributed by atoms with Crippen molar-refractivity contribution in [3.05, 3.63) is 65.4 Å². The summed E-state index contributed by atoms with van der Waals surface area (Å²) in [5, 5.41) is 12.3. The molecule has 11 heteroatoms. The number of carbonyl (C=O) groups is 1. The Morgan fingerprint density at radius 3 is 2.73 bits per heavy atom. The first-order valence-electron chi connectivity index (χ1n) is 13.3. The number of hydrogen-bond acceptors (Lipinski definition) is 7. The van der Waals surface area contributed by atoms with E-state index in [0.29, 0.717) is 22.2 Å². The number of nitrogens with zero attached hydrogens (tertiary/aromatic N) is 5. The van der Waals surface area contributed by atoms with Crippen molar-refractivity contribution in [2.75, 3.05) is 32.1 Å². The van der Waals surface area contributed by atoms with Gasteiger partial charge in [0.1, 0.15) is 17.1 Å². The second-order valence-electron chi connectivity index (χ2n) is 10.1. The van der Waals surface area contributed by atoms with Gasteiger partial charge in [0, 0.05) is 50.7 Å². The van der Waals surface area contributed by atoms with Crippen LogP contribution in [0.2, 0.25) is 5.02 Å². The Hall–Kier alpha value is -4.15. The van der Waals surface area contributed by atoms with E-state index in [2.05, 4.69) is 48.8 Å². The Balaban J connectivity index is 1.11. The standard InChI is InChI=1S/C29H31ClN8O2/c1-31-25(39)17-40-22-6-4-19(5-7-22)28-35-27-26(23(30)15-32-29(27)36-28)34-21-9-11-38(12-10-21)16-18-3-8-24-20(13-18)14-33-37(24)2/h3-8,13-15,21H,9-12,16-17H2,1-2H3,(H,31,39)(H2,32,34,35,36). The topological polar surface area (TPSA) is 113 Å². The molecule has 0 unspecified atom stereocenters. The highest BCUT2D eigenvalue weighted by Gasteiger charge is 2.22. The number of likely N-dealkylation sites (N-methyl/N-ethyl adjacent to an activating group) is 1. The smallest absolute Gasteiger partial charge is 0.257 e. The summed E-state index contributed by atoms with van der Waals surface area (Å²) in [4.78, 5) is 26.5. The second kappa shape index (κ2) is 11.1. The van der Waals surface area contributed by atoms with Gasteiger partial charge in [-0.15, -0.1) is 0 Å². The number of hydrogen-bond donors (Lipinski definition) is 3. The van der Waals surface area contributed by atoms with Gasteiger partial charge < -0.3 is 20.4 Å². The number of nitrogens with one attached hydrogen (secondary N) is 3. The minimum atomic E-state index is -0.183. The van der Waals surface area contributed by atoms with Crippen molar-refractivity contribution in [3.63, 3.8) is 0 Å². The van der Waals surface area contributed by atoms with Crippen molar-refractivity contribution >= 4 is 45.3 Å². The lowest BCUT2D eigenvalue weighted by Crippen LogP contribution is -2.38. The predicted molar refractivity (Wildman–Crippen MR) is 157 cm³/mol. The molecule has 206 valence electrons. The average Bonchev–Trinajstić information content (AvgIpc) is 3.58. The van der Waals surface area contributed by atoms with Crippen LogP contribution >= 0.6 is 11.6 Å². The van der Waals surface area contributed by atoms with Gasteiger partial charge in [0.2, 0.25) is 0 Å². The van der Waals surface area contributed by atoms with E-state index >= 15 is 0 Å². The van der Waals surface area contributed by atoms with Gasteiger partial charge in [0.25, 0.3) is 5.91 Å². The van der Waals surface area contributed by atoms with E-state index in [1.807, 2.05) is 42.2 Å². The minimum Gasteiger partial charge on any atom is -0.484 e. The van der Waals surface area contributed by atoms with Gasteiger partial charge in [0.05, 0.1) is 28.6 Å². The highest BCUT2D eigenvalue weighted by Crippen LogP contribution is 2.32. The number of aryl methyl sites for hydroxylation is 1. The van der Waals surface area contributed by atoms with E-state index in [1.54, 1.807) is 13.2 Å². The quantitative estimate of drug-likeness (QED) is 0.259. The Bertz CT molecular complexity index is 1650. The fourth-order valence-electron chi connectivity index (χ4n) is 5.14. The average molecular weight is 559 g/mol. The Morgan fingerprint density at radius 1 is 1.15 bits per heavy atom. The van der Waals surface area contributed by atoms with Crippen molar-refractivity contribution in [1.29, 1.82) is 0 Å². The zero-order valence-corrected chi connectivity index (χ0v) is 23.2. The molecule has 0 atom stereocenters. The van der Waals surface area contributed by atoms with Gasteiger partial charge in [-0.2, -0.15) is 5.10 Å². The summed E-state index contributed by atoms with van der Waals surface area (Å²) >= 11 is 6.61. The zero-order chi connectivity index (χ0) is 27.6. The first-order chi connectivity index (χ1) is 19.5. The molecule has 1 aliphatic rings. The number of aromatic nitrogens is 5.